The van der Waals surface area contributed by atoms with Crippen LogP contribution in [0.25, 0.3) is 0 Å². The first kappa shape index (κ1) is 14.8. The number of nitrogens with zero attached hydrogens (tertiary/aromatic N) is 3. The van der Waals surface area contributed by atoms with Crippen LogP contribution in [0.3, 0.4) is 0 Å². The predicted octanol–water partition coefficient (Wildman–Crippen LogP) is 2.12. The molecule has 1 amide bonds. The molecular weight excluding hydrogens is 254 g/mol. The van der Waals surface area contributed by atoms with E-state index in [1.54, 1.807) is 0 Å². The summed E-state index contributed by atoms with van der Waals surface area (Å²) in [6.07, 6.45) is 1.90. The molecule has 1 aromatic rings. The molecule has 1 atom stereocenters. The van der Waals surface area contributed by atoms with Crippen LogP contribution in [0.1, 0.15) is 38.1 Å². The van der Waals surface area contributed by atoms with E-state index in [-0.39, 0.29) is 17.9 Å². The van der Waals surface area contributed by atoms with Gasteiger partial charge in [0.2, 0.25) is 5.91 Å². The smallest absolute Gasteiger partial charge is 0.317 e. The molecule has 0 aromatic carbocycles. The first-order valence-corrected chi connectivity index (χ1v) is 7.23. The SMILES string of the molecule is Cc1cc(C)nc(OC2CCCN(C(=O)C(C)C)C2)n1. The molecule has 0 saturated carbocycles. The van der Waals surface area contributed by atoms with Gasteiger partial charge in [0, 0.05) is 23.9 Å². The number of carbonyl (C=O) groups excluding carboxylic acids is 1. The van der Waals surface area contributed by atoms with Crippen LogP contribution >= 0.6 is 0 Å². The molecular formula is C15H23N3O2. The number of amides is 1. The molecule has 1 fully saturated rings. The second-order valence-electron chi connectivity index (χ2n) is 5.75. The van der Waals surface area contributed by atoms with Crippen molar-refractivity contribution in [2.24, 2.45) is 5.92 Å². The van der Waals surface area contributed by atoms with Crippen molar-refractivity contribution in [1.82, 2.24) is 14.9 Å². The number of aromatic nitrogens is 2. The molecule has 2 heterocycles. The molecule has 1 aromatic heterocycles. The molecule has 5 nitrogen and oxygen atoms in total. The maximum Gasteiger partial charge on any atom is 0.317 e. The van der Waals surface area contributed by atoms with Crippen molar-refractivity contribution in [1.29, 1.82) is 0 Å². The van der Waals surface area contributed by atoms with Crippen LogP contribution in [0.15, 0.2) is 6.07 Å². The zero-order chi connectivity index (χ0) is 14.7. The fourth-order valence-electron chi connectivity index (χ4n) is 2.50. The Morgan fingerprint density at radius 3 is 2.60 bits per heavy atom. The van der Waals surface area contributed by atoms with Crippen LogP contribution < -0.4 is 4.74 Å². The topological polar surface area (TPSA) is 55.3 Å². The van der Waals surface area contributed by atoms with Crippen molar-refractivity contribution in [3.8, 4) is 6.01 Å². The van der Waals surface area contributed by atoms with Gasteiger partial charge >= 0.3 is 6.01 Å². The van der Waals surface area contributed by atoms with E-state index in [4.69, 9.17) is 4.74 Å². The monoisotopic (exact) mass is 277 g/mol. The lowest BCUT2D eigenvalue weighted by Gasteiger charge is -2.33. The summed E-state index contributed by atoms with van der Waals surface area (Å²) in [7, 11) is 0. The number of hydrogen-bond acceptors (Lipinski definition) is 4. The highest BCUT2D eigenvalue weighted by Gasteiger charge is 2.26. The highest BCUT2D eigenvalue weighted by molar-refractivity contribution is 5.78. The Bertz CT molecular complexity index is 468. The van der Waals surface area contributed by atoms with Crippen LogP contribution in [-0.4, -0.2) is 40.0 Å². The Morgan fingerprint density at radius 1 is 1.35 bits per heavy atom. The third-order valence-electron chi connectivity index (χ3n) is 3.42. The van der Waals surface area contributed by atoms with Crippen LogP contribution in [0, 0.1) is 19.8 Å². The molecule has 0 N–H and O–H groups in total. The summed E-state index contributed by atoms with van der Waals surface area (Å²) >= 11 is 0. The highest BCUT2D eigenvalue weighted by atomic mass is 16.5. The first-order valence-electron chi connectivity index (χ1n) is 7.23. The van der Waals surface area contributed by atoms with E-state index >= 15 is 0 Å². The van der Waals surface area contributed by atoms with Crippen LogP contribution in [-0.2, 0) is 4.79 Å². The predicted molar refractivity (Wildman–Crippen MR) is 76.6 cm³/mol. The van der Waals surface area contributed by atoms with Crippen molar-refractivity contribution >= 4 is 5.91 Å². The normalized spacial score (nSPS) is 19.2. The summed E-state index contributed by atoms with van der Waals surface area (Å²) < 4.78 is 5.86. The Labute approximate surface area is 120 Å². The van der Waals surface area contributed by atoms with Gasteiger partial charge in [-0.05, 0) is 32.8 Å². The molecule has 0 spiro atoms. The maximum absolute atomic E-state index is 12.0. The molecule has 2 rings (SSSR count). The number of aryl methyl sites for hydroxylation is 2. The van der Waals surface area contributed by atoms with Gasteiger partial charge in [0.05, 0.1) is 6.54 Å². The van der Waals surface area contributed by atoms with E-state index in [1.807, 2.05) is 38.7 Å². The van der Waals surface area contributed by atoms with Gasteiger partial charge in [-0.2, -0.15) is 0 Å². The van der Waals surface area contributed by atoms with Crippen LogP contribution in [0.2, 0.25) is 0 Å². The standard InChI is InChI=1S/C15H23N3O2/c1-10(2)14(19)18-7-5-6-13(9-18)20-15-16-11(3)8-12(4)17-15/h8,10,13H,5-7,9H2,1-4H3. The van der Waals surface area contributed by atoms with E-state index in [2.05, 4.69) is 9.97 Å². The summed E-state index contributed by atoms with van der Waals surface area (Å²) in [5, 5.41) is 0. The minimum absolute atomic E-state index is 0.00681. The van der Waals surface area contributed by atoms with E-state index < -0.39 is 0 Å². The van der Waals surface area contributed by atoms with Gasteiger partial charge in [-0.15, -0.1) is 0 Å². The van der Waals surface area contributed by atoms with Gasteiger partial charge in [-0.25, -0.2) is 9.97 Å². The van der Waals surface area contributed by atoms with Gasteiger partial charge in [-0.1, -0.05) is 13.8 Å². The van der Waals surface area contributed by atoms with Gasteiger partial charge in [0.25, 0.3) is 0 Å². The Balaban J connectivity index is 2.00. The summed E-state index contributed by atoms with van der Waals surface area (Å²) in [5.74, 6) is 0.228. The average molecular weight is 277 g/mol. The van der Waals surface area contributed by atoms with E-state index in [0.717, 1.165) is 30.8 Å². The molecule has 1 aliphatic heterocycles. The fraction of sp³-hybridized carbons (Fsp3) is 0.667. The average Bonchev–Trinajstić information content (AvgIpc) is 2.36. The van der Waals surface area contributed by atoms with Gasteiger partial charge in [0.1, 0.15) is 6.10 Å². The Hall–Kier alpha value is -1.65. The molecule has 1 aliphatic rings. The second kappa shape index (κ2) is 6.20. The lowest BCUT2D eigenvalue weighted by Crippen LogP contribution is -2.46. The van der Waals surface area contributed by atoms with Crippen LogP contribution in [0.5, 0.6) is 6.01 Å². The molecule has 20 heavy (non-hydrogen) atoms. The van der Waals surface area contributed by atoms with Crippen molar-refractivity contribution in [3.05, 3.63) is 17.5 Å². The molecule has 5 heteroatoms. The number of likely N-dealkylation sites (tertiary alicyclic amines) is 1. The van der Waals surface area contributed by atoms with E-state index in [1.165, 1.54) is 0 Å². The third kappa shape index (κ3) is 3.68. The van der Waals surface area contributed by atoms with E-state index in [9.17, 15) is 4.79 Å². The van der Waals surface area contributed by atoms with Gasteiger partial charge in [0.15, 0.2) is 0 Å². The zero-order valence-electron chi connectivity index (χ0n) is 12.7. The van der Waals surface area contributed by atoms with Crippen molar-refractivity contribution < 1.29 is 9.53 Å². The molecule has 0 bridgehead atoms. The summed E-state index contributed by atoms with van der Waals surface area (Å²) in [6, 6.07) is 2.34. The lowest BCUT2D eigenvalue weighted by molar-refractivity contribution is -0.137. The largest absolute Gasteiger partial charge is 0.458 e. The summed E-state index contributed by atoms with van der Waals surface area (Å²) in [5.41, 5.74) is 1.80. The molecule has 0 radical (unpaired) electrons. The first-order chi connectivity index (χ1) is 9.45. The number of rotatable bonds is 3. The minimum Gasteiger partial charge on any atom is -0.458 e. The van der Waals surface area contributed by atoms with Crippen LogP contribution in [0.4, 0.5) is 0 Å². The molecule has 0 aliphatic carbocycles. The number of ether oxygens (including phenoxy) is 1. The van der Waals surface area contributed by atoms with Crippen molar-refractivity contribution in [2.75, 3.05) is 13.1 Å². The lowest BCUT2D eigenvalue weighted by atomic mass is 10.1. The zero-order valence-corrected chi connectivity index (χ0v) is 12.7. The molecule has 110 valence electrons. The summed E-state index contributed by atoms with van der Waals surface area (Å²) in [4.78, 5) is 22.5. The molecule has 1 saturated heterocycles. The highest BCUT2D eigenvalue weighted by Crippen LogP contribution is 2.17. The van der Waals surface area contributed by atoms with Gasteiger partial charge in [-0.3, -0.25) is 4.79 Å². The number of carbonyl (C=O) groups is 1. The van der Waals surface area contributed by atoms with Crippen molar-refractivity contribution in [2.45, 2.75) is 46.6 Å². The summed E-state index contributed by atoms with van der Waals surface area (Å²) in [6.45, 7) is 9.17. The fourth-order valence-corrected chi connectivity index (χ4v) is 2.50. The van der Waals surface area contributed by atoms with Crippen molar-refractivity contribution in [3.63, 3.8) is 0 Å². The number of piperidine rings is 1. The second-order valence-corrected chi connectivity index (χ2v) is 5.75. The number of hydrogen-bond donors (Lipinski definition) is 0. The van der Waals surface area contributed by atoms with E-state index in [0.29, 0.717) is 12.6 Å². The maximum atomic E-state index is 12.0. The quantitative estimate of drug-likeness (QED) is 0.849. The third-order valence-corrected chi connectivity index (χ3v) is 3.42. The Morgan fingerprint density at radius 2 is 2.00 bits per heavy atom. The Kier molecular flexibility index (Phi) is 4.57. The van der Waals surface area contributed by atoms with Gasteiger partial charge < -0.3 is 9.64 Å². The molecule has 1 unspecified atom stereocenters. The minimum atomic E-state index is -0.00681.